The normalized spacial score (nSPS) is 12.9. The summed E-state index contributed by atoms with van der Waals surface area (Å²) in [6.45, 7) is 0. The van der Waals surface area contributed by atoms with Gasteiger partial charge in [-0.2, -0.15) is 0 Å². The Morgan fingerprint density at radius 1 is 0.348 bits per heavy atom. The van der Waals surface area contributed by atoms with Crippen LogP contribution < -0.4 is 0 Å². The topological polar surface area (TPSA) is 43.6 Å². The molecule has 0 bridgehead atoms. The van der Waals surface area contributed by atoms with Crippen molar-refractivity contribution in [2.24, 2.45) is 0 Å². The number of rotatable bonds is 7. The number of thiophene rings is 1. The van der Waals surface area contributed by atoms with Crippen LogP contribution in [0.4, 0.5) is 0 Å². The summed E-state index contributed by atoms with van der Waals surface area (Å²) in [4.78, 5) is 15.1. The molecular formula is C61H38N4S. The van der Waals surface area contributed by atoms with Crippen molar-refractivity contribution in [1.82, 2.24) is 19.5 Å². The van der Waals surface area contributed by atoms with E-state index in [2.05, 4.69) is 97.1 Å². The Morgan fingerprint density at radius 2 is 0.894 bits per heavy atom. The van der Waals surface area contributed by atoms with Gasteiger partial charge in [-0.25, -0.2) is 15.0 Å². The first-order chi connectivity index (χ1) is 35.2. The maximum atomic E-state index is 9.29. The van der Waals surface area contributed by atoms with Crippen LogP contribution in [0.5, 0.6) is 0 Å². The van der Waals surface area contributed by atoms with Crippen molar-refractivity contribution in [3.05, 3.63) is 230 Å². The molecule has 0 saturated carbocycles. The second kappa shape index (κ2) is 15.6. The first-order valence-corrected chi connectivity index (χ1v) is 22.6. The number of benzene rings is 10. The molecule has 0 aliphatic carbocycles. The maximum absolute atomic E-state index is 9.29. The minimum atomic E-state index is -0.152. The Bertz CT molecular complexity index is 4230. The van der Waals surface area contributed by atoms with E-state index >= 15 is 0 Å². The Kier molecular flexibility index (Phi) is 7.62. The molecular weight excluding hydrogens is 821 g/mol. The van der Waals surface area contributed by atoms with Crippen molar-refractivity contribution in [3.8, 4) is 73.2 Å². The predicted octanol–water partition coefficient (Wildman–Crippen LogP) is 16.5. The lowest BCUT2D eigenvalue weighted by molar-refractivity contribution is 1.08. The lowest BCUT2D eigenvalue weighted by Gasteiger charge is -2.17. The predicted molar refractivity (Wildman–Crippen MR) is 277 cm³/mol. The van der Waals surface area contributed by atoms with E-state index in [-0.39, 0.29) is 47.0 Å². The highest BCUT2D eigenvalue weighted by molar-refractivity contribution is 7.26. The summed E-state index contributed by atoms with van der Waals surface area (Å²) in [5.41, 5.74) is 9.73. The standard InChI is InChI=1S/C61H38N4S/c1-3-17-39(18-4-1)59-62-60(40-19-5-2-6-20-40)64-61(63-59)52-35-34-44(45-23-7-8-24-46(45)52)43-22-15-21-41(37-43)42-33-36-56(65-54-30-12-9-25-47(54)48-26-10-13-31-55(48)65)53(38-42)51-29-16-28-50-49-27-11-14-32-57(49)66-58(50)51/h1-38H/i9D,10D,25D,26D,30D,31D. The van der Waals surface area contributed by atoms with Crippen LogP contribution in [0.2, 0.25) is 0 Å². The molecule has 0 radical (unpaired) electrons. The van der Waals surface area contributed by atoms with E-state index in [1.54, 1.807) is 11.3 Å². The first-order valence-electron chi connectivity index (χ1n) is 24.8. The molecule has 0 aliphatic heterocycles. The van der Waals surface area contributed by atoms with Gasteiger partial charge in [-0.1, -0.05) is 188 Å². The smallest absolute Gasteiger partial charge is 0.164 e. The summed E-state index contributed by atoms with van der Waals surface area (Å²) in [5, 5.41) is 4.74. The van der Waals surface area contributed by atoms with Gasteiger partial charge >= 0.3 is 0 Å². The summed E-state index contributed by atoms with van der Waals surface area (Å²) in [7, 11) is 0. The third-order valence-corrected chi connectivity index (χ3v) is 13.7. The number of para-hydroxylation sites is 2. The molecule has 0 atom stereocenters. The monoisotopic (exact) mass is 864 g/mol. The van der Waals surface area contributed by atoms with E-state index in [9.17, 15) is 2.74 Å². The zero-order valence-corrected chi connectivity index (χ0v) is 36.0. The van der Waals surface area contributed by atoms with Gasteiger partial charge in [0.15, 0.2) is 17.5 Å². The van der Waals surface area contributed by atoms with Gasteiger partial charge in [0.2, 0.25) is 0 Å². The lowest BCUT2D eigenvalue weighted by Crippen LogP contribution is -2.00. The van der Waals surface area contributed by atoms with Gasteiger partial charge in [0.25, 0.3) is 0 Å². The highest BCUT2D eigenvalue weighted by Crippen LogP contribution is 2.45. The molecule has 308 valence electrons. The van der Waals surface area contributed by atoms with Crippen LogP contribution in [0.25, 0.3) is 126 Å². The molecule has 3 aromatic heterocycles. The fraction of sp³-hybridized carbons (Fsp3) is 0. The van der Waals surface area contributed by atoms with E-state index in [0.29, 0.717) is 34.2 Å². The van der Waals surface area contributed by atoms with Gasteiger partial charge in [0.1, 0.15) is 0 Å². The first kappa shape index (κ1) is 32.2. The molecule has 13 aromatic rings. The van der Waals surface area contributed by atoms with Crippen LogP contribution in [0.3, 0.4) is 0 Å². The Hall–Kier alpha value is -8.51. The third kappa shape index (κ3) is 6.32. The van der Waals surface area contributed by atoms with Gasteiger partial charge < -0.3 is 4.57 Å². The van der Waals surface area contributed by atoms with Crippen LogP contribution in [0.1, 0.15) is 8.22 Å². The van der Waals surface area contributed by atoms with E-state index in [1.807, 2.05) is 89.5 Å². The SMILES string of the molecule is [2H]c1cc([2H])c2c(c1[2H])c1c([2H])c([2H])cc([2H])c1n2-c1ccc(-c2cccc(-c3ccc(-c4nc(-c5ccccc5)nc(-c5ccccc5)n4)c4ccccc34)c2)cc1-c1cccc2c1sc1ccccc12. The second-order valence-electron chi connectivity index (χ2n) is 16.2. The van der Waals surface area contributed by atoms with Crippen LogP contribution in [0, 0.1) is 0 Å². The summed E-state index contributed by atoms with van der Waals surface area (Å²) in [6, 6.07) is 64.1. The van der Waals surface area contributed by atoms with Gasteiger partial charge in [0, 0.05) is 58.8 Å². The summed E-state index contributed by atoms with van der Waals surface area (Å²) in [6.07, 6.45) is 0. The average Bonchev–Trinajstić information content (AvgIpc) is 4.00. The molecule has 0 aliphatic rings. The number of aromatic nitrogens is 4. The van der Waals surface area contributed by atoms with Gasteiger partial charge in [0.05, 0.1) is 24.9 Å². The van der Waals surface area contributed by atoms with Crippen LogP contribution in [-0.2, 0) is 0 Å². The molecule has 5 heteroatoms. The molecule has 0 unspecified atom stereocenters. The fourth-order valence-electron chi connectivity index (χ4n) is 9.38. The summed E-state index contributed by atoms with van der Waals surface area (Å²) >= 11 is 1.71. The molecule has 0 amide bonds. The molecule has 0 spiro atoms. The Morgan fingerprint density at radius 3 is 1.61 bits per heavy atom. The molecule has 3 heterocycles. The number of hydrogen-bond donors (Lipinski definition) is 0. The maximum Gasteiger partial charge on any atom is 0.164 e. The minimum Gasteiger partial charge on any atom is -0.309 e. The average molecular weight is 865 g/mol. The molecule has 4 nitrogen and oxygen atoms in total. The van der Waals surface area contributed by atoms with Gasteiger partial charge in [-0.05, 0) is 75.4 Å². The molecule has 0 N–H and O–H groups in total. The zero-order valence-electron chi connectivity index (χ0n) is 41.2. The Balaban J connectivity index is 1.01. The summed E-state index contributed by atoms with van der Waals surface area (Å²) < 4.78 is 58.1. The van der Waals surface area contributed by atoms with Crippen molar-refractivity contribution < 1.29 is 8.22 Å². The largest absolute Gasteiger partial charge is 0.309 e. The van der Waals surface area contributed by atoms with Crippen molar-refractivity contribution in [3.63, 3.8) is 0 Å². The number of hydrogen-bond acceptors (Lipinski definition) is 4. The van der Waals surface area contributed by atoms with Gasteiger partial charge in [-0.15, -0.1) is 11.3 Å². The highest BCUT2D eigenvalue weighted by Gasteiger charge is 2.20. The van der Waals surface area contributed by atoms with Crippen molar-refractivity contribution in [1.29, 1.82) is 0 Å². The molecule has 0 saturated heterocycles. The highest BCUT2D eigenvalue weighted by atomic mass is 32.1. The fourth-order valence-corrected chi connectivity index (χ4v) is 10.6. The number of fused-ring (bicyclic) bond motifs is 7. The minimum absolute atomic E-state index is 0.00247. The van der Waals surface area contributed by atoms with Crippen LogP contribution in [0.15, 0.2) is 230 Å². The summed E-state index contributed by atoms with van der Waals surface area (Å²) in [5.74, 6) is 1.77. The lowest BCUT2D eigenvalue weighted by atomic mass is 9.91. The third-order valence-electron chi connectivity index (χ3n) is 12.4. The quantitative estimate of drug-likeness (QED) is 0.160. The van der Waals surface area contributed by atoms with E-state index in [1.165, 1.54) is 12.1 Å². The van der Waals surface area contributed by atoms with Gasteiger partial charge in [-0.3, -0.25) is 0 Å². The van der Waals surface area contributed by atoms with Crippen LogP contribution in [-0.4, -0.2) is 19.5 Å². The van der Waals surface area contributed by atoms with E-state index < -0.39 is 0 Å². The van der Waals surface area contributed by atoms with E-state index in [0.717, 1.165) is 81.0 Å². The molecule has 10 aromatic carbocycles. The van der Waals surface area contributed by atoms with Crippen LogP contribution >= 0.6 is 11.3 Å². The Labute approximate surface area is 393 Å². The van der Waals surface area contributed by atoms with Crippen molar-refractivity contribution in [2.75, 3.05) is 0 Å². The molecule has 13 rings (SSSR count). The molecule has 0 fully saturated rings. The van der Waals surface area contributed by atoms with Crippen molar-refractivity contribution in [2.45, 2.75) is 0 Å². The zero-order chi connectivity index (χ0) is 48.8. The van der Waals surface area contributed by atoms with E-state index in [4.69, 9.17) is 20.4 Å². The number of nitrogens with zero attached hydrogens (tertiary/aromatic N) is 4. The second-order valence-corrected chi connectivity index (χ2v) is 17.3. The van der Waals surface area contributed by atoms with Crippen molar-refractivity contribution >= 4 is 64.1 Å². The molecule has 66 heavy (non-hydrogen) atoms.